The first-order valence-electron chi connectivity index (χ1n) is 13.9. The van der Waals surface area contributed by atoms with E-state index in [-0.39, 0.29) is 38.4 Å². The summed E-state index contributed by atoms with van der Waals surface area (Å²) in [7, 11) is -3.65. The maximum Gasteiger partial charge on any atom is 0.534 e. The lowest BCUT2D eigenvalue weighted by atomic mass is 10.0. The Morgan fingerprint density at radius 3 is 1.73 bits per heavy atom. The maximum atomic E-state index is 12.6. The van der Waals surface area contributed by atoms with E-state index >= 15 is 0 Å². The van der Waals surface area contributed by atoms with Gasteiger partial charge in [-0.05, 0) is 75.2 Å². The number of fused-ring (bicyclic) bond motifs is 1. The van der Waals surface area contributed by atoms with Gasteiger partial charge in [-0.15, -0.1) is 0 Å². The smallest absolute Gasteiger partial charge is 0.496 e. The number of rotatable bonds is 7. The number of Topliss-reactive ketones (excluding diaryl/α,β-unsaturated/α-hetero) is 1. The molecular formula is C33H50F3NO9SSi. The summed E-state index contributed by atoms with van der Waals surface area (Å²) in [5.74, 6) is 0.279. The van der Waals surface area contributed by atoms with Crippen molar-refractivity contribution in [3.8, 4) is 17.2 Å². The zero-order chi connectivity index (χ0) is 35.9. The van der Waals surface area contributed by atoms with Crippen molar-refractivity contribution in [3.05, 3.63) is 56.5 Å². The molecule has 0 fully saturated rings. The summed E-state index contributed by atoms with van der Waals surface area (Å²) in [6.45, 7) is 16.3. The molecule has 0 radical (unpaired) electrons. The van der Waals surface area contributed by atoms with Gasteiger partial charge in [0.15, 0.2) is 0 Å². The number of carbonyl (C=O) groups excluding carboxylic acids is 2. The number of aromatic nitrogens is 1. The van der Waals surface area contributed by atoms with Crippen molar-refractivity contribution in [1.29, 1.82) is 0 Å². The van der Waals surface area contributed by atoms with Crippen molar-refractivity contribution >= 4 is 45.9 Å². The van der Waals surface area contributed by atoms with Gasteiger partial charge in [0.05, 0.1) is 29.4 Å². The number of pyridine rings is 1. The Hall–Kier alpha value is -3.85. The highest BCUT2D eigenvalue weighted by Crippen LogP contribution is 2.34. The molecule has 10 nitrogen and oxygen atoms in total. The van der Waals surface area contributed by atoms with E-state index in [1.165, 1.54) is 27.2 Å². The first kappa shape index (κ1) is 46.3. The van der Waals surface area contributed by atoms with Gasteiger partial charge in [0.2, 0.25) is 5.56 Å². The van der Waals surface area contributed by atoms with E-state index in [2.05, 4.69) is 13.9 Å². The van der Waals surface area contributed by atoms with Gasteiger partial charge in [0.25, 0.3) is 0 Å². The van der Waals surface area contributed by atoms with E-state index in [9.17, 15) is 36.0 Å². The fourth-order valence-corrected chi connectivity index (χ4v) is 6.79. The molecule has 2 aromatic carbocycles. The topological polar surface area (TPSA) is 138 Å². The number of alkyl halides is 3. The van der Waals surface area contributed by atoms with Crippen molar-refractivity contribution < 1.29 is 49.6 Å². The number of benzene rings is 2. The summed E-state index contributed by atoms with van der Waals surface area (Å²) in [5.41, 5.74) is -1.12. The lowest BCUT2D eigenvalue weighted by Crippen LogP contribution is -2.41. The highest BCUT2D eigenvalue weighted by Gasteiger charge is 2.49. The molecule has 1 aromatic heterocycles. The number of esters is 1. The van der Waals surface area contributed by atoms with Crippen molar-refractivity contribution in [2.75, 3.05) is 21.3 Å². The van der Waals surface area contributed by atoms with Crippen LogP contribution in [0.5, 0.6) is 17.2 Å². The Morgan fingerprint density at radius 2 is 1.33 bits per heavy atom. The van der Waals surface area contributed by atoms with E-state index in [0.717, 1.165) is 38.9 Å². The van der Waals surface area contributed by atoms with Crippen LogP contribution < -0.4 is 24.4 Å². The average Bonchev–Trinajstić information content (AvgIpc) is 2.90. The molecule has 1 heterocycles. The van der Waals surface area contributed by atoms with Crippen LogP contribution >= 0.6 is 0 Å². The SMILES string of the molecule is C.C.COC(=O)CC(C)=O.COc1c(C)c(C)cc(OS(=O)(=O)C(F)(F)F)c1[Si](C)(C)C.COc1c(C)c(C)cc2cc(=O)[nH]c(C)c12. The number of ketones is 1. The molecule has 272 valence electrons. The van der Waals surface area contributed by atoms with Gasteiger partial charge >= 0.3 is 21.6 Å². The molecule has 3 rings (SSSR count). The molecule has 0 aliphatic rings. The van der Waals surface area contributed by atoms with Crippen molar-refractivity contribution in [3.63, 3.8) is 0 Å². The Balaban J connectivity index is 0. The zero-order valence-corrected chi connectivity index (χ0v) is 30.0. The highest BCUT2D eigenvalue weighted by atomic mass is 32.2. The first-order chi connectivity index (χ1) is 20.9. The number of nitrogens with one attached hydrogen (secondary N) is 1. The second-order valence-corrected chi connectivity index (χ2v) is 18.0. The molecule has 0 amide bonds. The second-order valence-electron chi connectivity index (χ2n) is 11.5. The summed E-state index contributed by atoms with van der Waals surface area (Å²) in [6, 6.07) is 4.95. The molecule has 0 aliphatic heterocycles. The Kier molecular flexibility index (Phi) is 17.4. The Labute approximate surface area is 283 Å². The molecular weight excluding hydrogens is 672 g/mol. The van der Waals surface area contributed by atoms with Crippen molar-refractivity contribution in [2.24, 2.45) is 0 Å². The lowest BCUT2D eigenvalue weighted by molar-refractivity contribution is -0.142. The standard InChI is InChI=1S/C13H19F3O4SSi.C13H15NO2.C5H8O3.2CH4/c1-8-7-10(20-21(17,18)13(14,15)16)12(22(4,5)6)11(19-3)9(8)2;1-7-5-10-6-11(15)14-9(3)12(10)13(16-4)8(7)2;1-4(6)3-5(7)8-2;;/h7H,1-6H3;5-6H,1-4H3,(H,14,15);3H2,1-2H3;2*1H4. The molecule has 0 saturated heterocycles. The molecule has 0 unspecified atom stereocenters. The molecule has 1 N–H and O–H groups in total. The summed E-state index contributed by atoms with van der Waals surface area (Å²) >= 11 is 0. The van der Waals surface area contributed by atoms with Crippen LogP contribution in [0.25, 0.3) is 10.8 Å². The first-order valence-corrected chi connectivity index (χ1v) is 18.8. The normalized spacial score (nSPS) is 11.0. The number of carbonyl (C=O) groups is 2. The zero-order valence-electron chi connectivity index (χ0n) is 28.2. The van der Waals surface area contributed by atoms with Gasteiger partial charge in [-0.2, -0.15) is 21.6 Å². The van der Waals surface area contributed by atoms with Gasteiger partial charge in [0, 0.05) is 22.3 Å². The Bertz CT molecular complexity index is 1760. The summed E-state index contributed by atoms with van der Waals surface area (Å²) < 4.78 is 79.7. The summed E-state index contributed by atoms with van der Waals surface area (Å²) in [6.07, 6.45) is -0.115. The van der Waals surface area contributed by atoms with Crippen LogP contribution in [0, 0.1) is 34.6 Å². The molecule has 0 spiro atoms. The van der Waals surface area contributed by atoms with Crippen LogP contribution in [0.4, 0.5) is 13.2 Å². The number of ether oxygens (including phenoxy) is 3. The third-order valence-corrected chi connectivity index (χ3v) is 9.75. The van der Waals surface area contributed by atoms with Crippen molar-refractivity contribution in [2.45, 2.75) is 88.0 Å². The molecule has 0 atom stereocenters. The quantitative estimate of drug-likeness (QED) is 0.0903. The van der Waals surface area contributed by atoms with Gasteiger partial charge < -0.3 is 23.4 Å². The van der Waals surface area contributed by atoms with Crippen LogP contribution in [0.3, 0.4) is 0 Å². The highest BCUT2D eigenvalue weighted by molar-refractivity contribution is 7.88. The van der Waals surface area contributed by atoms with Crippen molar-refractivity contribution in [1.82, 2.24) is 4.98 Å². The minimum absolute atomic E-state index is 0. The number of hydrogen-bond acceptors (Lipinski definition) is 9. The number of H-pyrrole nitrogens is 1. The molecule has 48 heavy (non-hydrogen) atoms. The minimum atomic E-state index is -5.72. The van der Waals surface area contributed by atoms with Gasteiger partial charge in [0.1, 0.15) is 29.5 Å². The molecule has 0 saturated carbocycles. The van der Waals surface area contributed by atoms with Crippen LogP contribution in [0.1, 0.15) is 56.1 Å². The molecule has 15 heteroatoms. The van der Waals surface area contributed by atoms with E-state index < -0.39 is 29.7 Å². The maximum absolute atomic E-state index is 12.6. The van der Waals surface area contributed by atoms with Gasteiger partial charge in [-0.3, -0.25) is 14.4 Å². The van der Waals surface area contributed by atoms with E-state index in [4.69, 9.17) is 9.47 Å². The molecule has 0 bridgehead atoms. The Morgan fingerprint density at radius 1 is 0.854 bits per heavy atom. The minimum Gasteiger partial charge on any atom is -0.496 e. The largest absolute Gasteiger partial charge is 0.534 e. The van der Waals surface area contributed by atoms with Crippen LogP contribution in [0.2, 0.25) is 19.6 Å². The molecule has 0 aliphatic carbocycles. The third-order valence-electron chi connectivity index (χ3n) is 6.81. The number of halogens is 3. The number of methoxy groups -OCH3 is 3. The number of aromatic amines is 1. The number of aryl methyl sites for hydroxylation is 3. The summed E-state index contributed by atoms with van der Waals surface area (Å²) in [4.78, 5) is 34.5. The summed E-state index contributed by atoms with van der Waals surface area (Å²) in [5, 5.41) is 2.33. The number of hydrogen-bond donors (Lipinski definition) is 1. The predicted octanol–water partition coefficient (Wildman–Crippen LogP) is 6.96. The van der Waals surface area contributed by atoms with Gasteiger partial charge in [-0.1, -0.05) is 40.6 Å². The molecule has 3 aromatic rings. The fraction of sp³-hybridized carbons (Fsp3) is 0.485. The van der Waals surface area contributed by atoms with Gasteiger partial charge in [-0.25, -0.2) is 0 Å². The fourth-order valence-electron chi connectivity index (χ4n) is 4.42. The second kappa shape index (κ2) is 18.1. The van der Waals surface area contributed by atoms with E-state index in [1.54, 1.807) is 27.0 Å². The van der Waals surface area contributed by atoms with Crippen LogP contribution in [-0.2, 0) is 24.4 Å². The van der Waals surface area contributed by atoms with Crippen LogP contribution in [0.15, 0.2) is 23.0 Å². The third kappa shape index (κ3) is 11.7. The van der Waals surface area contributed by atoms with E-state index in [0.29, 0.717) is 16.5 Å². The lowest BCUT2D eigenvalue weighted by Gasteiger charge is -2.26. The monoisotopic (exact) mass is 721 g/mol. The van der Waals surface area contributed by atoms with E-state index in [1.807, 2.05) is 46.5 Å². The average molecular weight is 722 g/mol. The van der Waals surface area contributed by atoms with Crippen LogP contribution in [-0.4, -0.2) is 60.1 Å². The predicted molar refractivity (Wildman–Crippen MR) is 187 cm³/mol.